The third-order valence-electron chi connectivity index (χ3n) is 10.5. The zero-order chi connectivity index (χ0) is 41.0. The highest BCUT2D eigenvalue weighted by Gasteiger charge is 2.24. The van der Waals surface area contributed by atoms with Crippen molar-refractivity contribution in [3.63, 3.8) is 0 Å². The molecule has 0 aromatic heterocycles. The van der Waals surface area contributed by atoms with Crippen LogP contribution in [0.5, 0.6) is 0 Å². The maximum atomic E-state index is 13.1. The fraction of sp³-hybridized carbons (Fsp3) is 0.760. The Morgan fingerprint density at radius 3 is 1.39 bits per heavy atom. The standard InChI is InChI=1S/C50H89NO5/c1-4-7-10-13-16-19-22-24-26-27-29-32-35-38-41-46(56-50(55)43-40-37-34-31-28-25-23-20-17-14-11-8-5-2)44-49(54)51-47(45-52)48(53)42-39-36-33-30-21-18-15-12-9-6-3/h8,11,14,17,20,23,25,28,31,34,46-48,52-53H,4-7,9-10,12-13,15-16,18-19,21-22,24,26-27,29-30,32-33,35-45H2,1-3H3,(H,51,54)/b11-8+,17-14+,23-20-,28-25-,34-31+. The molecular formula is C50H89NO5. The maximum absolute atomic E-state index is 13.1. The van der Waals surface area contributed by atoms with E-state index in [-0.39, 0.29) is 24.9 Å². The Morgan fingerprint density at radius 1 is 0.536 bits per heavy atom. The summed E-state index contributed by atoms with van der Waals surface area (Å²) in [7, 11) is 0. The van der Waals surface area contributed by atoms with E-state index in [4.69, 9.17) is 4.74 Å². The number of carbonyl (C=O) groups is 2. The zero-order valence-corrected chi connectivity index (χ0v) is 36.8. The highest BCUT2D eigenvalue weighted by atomic mass is 16.5. The van der Waals surface area contributed by atoms with Crippen LogP contribution in [0, 0.1) is 0 Å². The van der Waals surface area contributed by atoms with Gasteiger partial charge in [-0.05, 0) is 38.5 Å². The van der Waals surface area contributed by atoms with E-state index in [1.807, 2.05) is 54.7 Å². The van der Waals surface area contributed by atoms with Gasteiger partial charge in [0.1, 0.15) is 6.10 Å². The van der Waals surface area contributed by atoms with Crippen molar-refractivity contribution in [2.24, 2.45) is 0 Å². The minimum atomic E-state index is -0.798. The van der Waals surface area contributed by atoms with E-state index in [2.05, 4.69) is 32.2 Å². The number of aliphatic hydroxyl groups excluding tert-OH is 2. The smallest absolute Gasteiger partial charge is 0.306 e. The summed E-state index contributed by atoms with van der Waals surface area (Å²) in [5, 5.41) is 23.6. The van der Waals surface area contributed by atoms with Crippen LogP contribution in [0.1, 0.15) is 220 Å². The molecule has 3 N–H and O–H groups in total. The van der Waals surface area contributed by atoms with Crippen LogP contribution >= 0.6 is 0 Å². The Bertz CT molecular complexity index is 1010. The number of hydrogen-bond acceptors (Lipinski definition) is 5. The van der Waals surface area contributed by atoms with Crippen LogP contribution in [-0.2, 0) is 14.3 Å². The molecule has 0 spiro atoms. The van der Waals surface area contributed by atoms with E-state index in [1.54, 1.807) is 0 Å². The number of allylic oxidation sites excluding steroid dienone is 10. The lowest BCUT2D eigenvalue weighted by Crippen LogP contribution is -2.46. The molecule has 3 atom stereocenters. The lowest BCUT2D eigenvalue weighted by Gasteiger charge is -2.24. The third kappa shape index (κ3) is 38.4. The van der Waals surface area contributed by atoms with Gasteiger partial charge in [0.25, 0.3) is 0 Å². The average molecular weight is 784 g/mol. The summed E-state index contributed by atoms with van der Waals surface area (Å²) in [4.78, 5) is 26.0. The number of ether oxygens (including phenoxy) is 1. The number of unbranched alkanes of at least 4 members (excludes halogenated alkanes) is 23. The molecule has 0 heterocycles. The molecule has 0 rings (SSSR count). The lowest BCUT2D eigenvalue weighted by atomic mass is 10.0. The van der Waals surface area contributed by atoms with E-state index in [9.17, 15) is 19.8 Å². The van der Waals surface area contributed by atoms with E-state index in [0.717, 1.165) is 51.4 Å². The van der Waals surface area contributed by atoms with Crippen LogP contribution in [0.25, 0.3) is 0 Å². The van der Waals surface area contributed by atoms with Crippen LogP contribution in [0.15, 0.2) is 60.8 Å². The lowest BCUT2D eigenvalue weighted by molar-refractivity contribution is -0.151. The van der Waals surface area contributed by atoms with Gasteiger partial charge in [0, 0.05) is 6.42 Å². The summed E-state index contributed by atoms with van der Waals surface area (Å²) in [6, 6.07) is -0.714. The number of aliphatic hydroxyl groups is 2. The molecule has 0 radical (unpaired) electrons. The Hall–Kier alpha value is -2.44. The van der Waals surface area contributed by atoms with Crippen LogP contribution in [0.4, 0.5) is 0 Å². The van der Waals surface area contributed by atoms with Crippen LogP contribution in [0.2, 0.25) is 0 Å². The quantitative estimate of drug-likeness (QED) is 0.0326. The summed E-state index contributed by atoms with van der Waals surface area (Å²) in [6.45, 7) is 6.30. The molecule has 0 saturated heterocycles. The molecule has 0 aromatic rings. The topological polar surface area (TPSA) is 95.9 Å². The van der Waals surface area contributed by atoms with Gasteiger partial charge in [0.2, 0.25) is 5.91 Å². The van der Waals surface area contributed by atoms with Crippen LogP contribution < -0.4 is 5.32 Å². The van der Waals surface area contributed by atoms with E-state index < -0.39 is 18.2 Å². The molecule has 0 fully saturated rings. The molecule has 56 heavy (non-hydrogen) atoms. The molecule has 1 amide bonds. The number of rotatable bonds is 41. The van der Waals surface area contributed by atoms with Gasteiger partial charge < -0.3 is 20.3 Å². The zero-order valence-electron chi connectivity index (χ0n) is 36.8. The predicted octanol–water partition coefficient (Wildman–Crippen LogP) is 13.7. The maximum Gasteiger partial charge on any atom is 0.306 e. The summed E-state index contributed by atoms with van der Waals surface area (Å²) >= 11 is 0. The van der Waals surface area contributed by atoms with Gasteiger partial charge >= 0.3 is 5.97 Å². The first-order valence-electron chi connectivity index (χ1n) is 23.6. The van der Waals surface area contributed by atoms with E-state index >= 15 is 0 Å². The van der Waals surface area contributed by atoms with Crippen LogP contribution in [-0.4, -0.2) is 46.9 Å². The van der Waals surface area contributed by atoms with Crippen molar-refractivity contribution in [1.82, 2.24) is 5.32 Å². The van der Waals surface area contributed by atoms with Crippen molar-refractivity contribution < 1.29 is 24.5 Å². The van der Waals surface area contributed by atoms with Gasteiger partial charge in [-0.25, -0.2) is 0 Å². The molecule has 6 heteroatoms. The first-order chi connectivity index (χ1) is 27.5. The fourth-order valence-electron chi connectivity index (χ4n) is 6.93. The summed E-state index contributed by atoms with van der Waals surface area (Å²) in [5.41, 5.74) is 0. The van der Waals surface area contributed by atoms with Gasteiger partial charge in [-0.2, -0.15) is 0 Å². The van der Waals surface area contributed by atoms with Crippen molar-refractivity contribution in [3.05, 3.63) is 60.8 Å². The fourth-order valence-corrected chi connectivity index (χ4v) is 6.93. The minimum absolute atomic E-state index is 0.0496. The molecule has 0 saturated carbocycles. The Balaban J connectivity index is 4.71. The van der Waals surface area contributed by atoms with Gasteiger partial charge in [0.05, 0.1) is 25.2 Å². The second-order valence-electron chi connectivity index (χ2n) is 15.9. The Morgan fingerprint density at radius 2 is 0.946 bits per heavy atom. The van der Waals surface area contributed by atoms with Gasteiger partial charge in [0.15, 0.2) is 0 Å². The minimum Gasteiger partial charge on any atom is -0.462 e. The summed E-state index contributed by atoms with van der Waals surface area (Å²) in [5.74, 6) is -0.560. The molecule has 0 aliphatic heterocycles. The molecular weight excluding hydrogens is 695 g/mol. The van der Waals surface area contributed by atoms with Crippen LogP contribution in [0.3, 0.4) is 0 Å². The molecule has 0 aromatic carbocycles. The molecule has 0 bridgehead atoms. The normalized spacial score (nSPS) is 13.9. The summed E-state index contributed by atoms with van der Waals surface area (Å²) in [6.07, 6.45) is 52.8. The van der Waals surface area contributed by atoms with E-state index in [0.29, 0.717) is 25.7 Å². The third-order valence-corrected chi connectivity index (χ3v) is 10.5. The highest BCUT2D eigenvalue weighted by Crippen LogP contribution is 2.18. The molecule has 324 valence electrons. The number of amides is 1. The molecule has 0 aliphatic rings. The number of hydrogen-bond donors (Lipinski definition) is 3. The number of carbonyl (C=O) groups excluding carboxylic acids is 2. The molecule has 3 unspecified atom stereocenters. The van der Waals surface area contributed by atoms with Crippen molar-refractivity contribution in [2.75, 3.05) is 6.61 Å². The monoisotopic (exact) mass is 784 g/mol. The Kier molecular flexibility index (Phi) is 41.8. The van der Waals surface area contributed by atoms with Crippen molar-refractivity contribution >= 4 is 11.9 Å². The summed E-state index contributed by atoms with van der Waals surface area (Å²) < 4.78 is 5.87. The Labute approximate surface area is 346 Å². The SMILES string of the molecule is CC/C=C/C=C/C=C\C=C/C=C/CCCC(=O)OC(CCCCCCCCCCCCCCCC)CC(=O)NC(CO)C(O)CCCCCCCCCCCC. The predicted molar refractivity (Wildman–Crippen MR) is 241 cm³/mol. The first-order valence-corrected chi connectivity index (χ1v) is 23.6. The van der Waals surface area contributed by atoms with E-state index in [1.165, 1.54) is 116 Å². The second kappa shape index (κ2) is 43.7. The largest absolute Gasteiger partial charge is 0.462 e. The van der Waals surface area contributed by atoms with Gasteiger partial charge in [-0.3, -0.25) is 9.59 Å². The van der Waals surface area contributed by atoms with Crippen molar-refractivity contribution in [1.29, 1.82) is 0 Å². The first kappa shape index (κ1) is 53.6. The number of esters is 1. The van der Waals surface area contributed by atoms with Gasteiger partial charge in [-0.15, -0.1) is 0 Å². The highest BCUT2D eigenvalue weighted by molar-refractivity contribution is 5.77. The molecule has 0 aliphatic carbocycles. The van der Waals surface area contributed by atoms with Crippen molar-refractivity contribution in [3.8, 4) is 0 Å². The second-order valence-corrected chi connectivity index (χ2v) is 15.9. The molecule has 6 nitrogen and oxygen atoms in total. The average Bonchev–Trinajstić information content (AvgIpc) is 3.19. The van der Waals surface area contributed by atoms with Crippen molar-refractivity contribution in [2.45, 2.75) is 238 Å². The number of nitrogens with one attached hydrogen (secondary N) is 1. The van der Waals surface area contributed by atoms with Gasteiger partial charge in [-0.1, -0.05) is 229 Å².